The highest BCUT2D eigenvalue weighted by atomic mass is 79.9. The lowest BCUT2D eigenvalue weighted by Crippen LogP contribution is -2.39. The maximum absolute atomic E-state index is 12.2. The highest BCUT2D eigenvalue weighted by Gasteiger charge is 2.25. The van der Waals surface area contributed by atoms with Crippen molar-refractivity contribution in [2.75, 3.05) is 13.1 Å². The molecule has 0 bridgehead atoms. The van der Waals surface area contributed by atoms with E-state index in [4.69, 9.17) is 0 Å². The van der Waals surface area contributed by atoms with Crippen LogP contribution in [0.1, 0.15) is 23.3 Å². The molecule has 1 amide bonds. The summed E-state index contributed by atoms with van der Waals surface area (Å²) in [5, 5.41) is 10.7. The van der Waals surface area contributed by atoms with E-state index in [1.165, 1.54) is 16.8 Å². The van der Waals surface area contributed by atoms with Crippen LogP contribution in [0.3, 0.4) is 0 Å². The minimum Gasteiger partial charge on any atom is -0.340 e. The molecule has 0 unspecified atom stereocenters. The predicted octanol–water partition coefficient (Wildman–Crippen LogP) is 1.93. The molecule has 0 N–H and O–H groups in total. The van der Waals surface area contributed by atoms with Gasteiger partial charge in [-0.25, -0.2) is 0 Å². The first-order valence-electron chi connectivity index (χ1n) is 5.73. The quantitative estimate of drug-likeness (QED) is 0.476. The van der Waals surface area contributed by atoms with E-state index < -0.39 is 4.92 Å². The fraction of sp³-hybridized carbons (Fsp3) is 0.545. The number of alkyl halides is 1. The molecule has 0 saturated carbocycles. The highest BCUT2D eigenvalue weighted by molar-refractivity contribution is 9.09. The number of aromatic nitrogens is 1. The van der Waals surface area contributed by atoms with Crippen LogP contribution in [0.2, 0.25) is 0 Å². The number of carbonyl (C=O) groups is 1. The largest absolute Gasteiger partial charge is 0.340 e. The van der Waals surface area contributed by atoms with Crippen molar-refractivity contribution in [3.8, 4) is 0 Å². The third-order valence-electron chi connectivity index (χ3n) is 3.13. The Morgan fingerprint density at radius 2 is 2.11 bits per heavy atom. The molecular formula is C11H14BrN3O3. The van der Waals surface area contributed by atoms with Crippen molar-refractivity contribution >= 4 is 27.5 Å². The molecule has 0 aromatic carbocycles. The maximum Gasteiger partial charge on any atom is 0.287 e. The van der Waals surface area contributed by atoms with Gasteiger partial charge in [0.2, 0.25) is 0 Å². The second kappa shape index (κ2) is 5.09. The molecule has 0 atom stereocenters. The number of nitrogens with zero attached hydrogens (tertiary/aromatic N) is 3. The molecule has 2 rings (SSSR count). The van der Waals surface area contributed by atoms with Crippen molar-refractivity contribution in [3.63, 3.8) is 0 Å². The van der Waals surface area contributed by atoms with Crippen molar-refractivity contribution in [1.82, 2.24) is 9.47 Å². The summed E-state index contributed by atoms with van der Waals surface area (Å²) in [6.07, 6.45) is 3.20. The summed E-state index contributed by atoms with van der Waals surface area (Å²) in [5.41, 5.74) is 0.325. The zero-order chi connectivity index (χ0) is 13.3. The molecule has 6 nitrogen and oxygen atoms in total. The fourth-order valence-corrected chi connectivity index (χ4v) is 2.48. The molecule has 2 heterocycles. The number of hydrogen-bond donors (Lipinski definition) is 0. The van der Waals surface area contributed by atoms with Gasteiger partial charge in [0.1, 0.15) is 5.69 Å². The molecule has 0 aliphatic carbocycles. The van der Waals surface area contributed by atoms with Crippen LogP contribution < -0.4 is 0 Å². The molecule has 18 heavy (non-hydrogen) atoms. The predicted molar refractivity (Wildman–Crippen MR) is 69.9 cm³/mol. The Morgan fingerprint density at radius 1 is 1.50 bits per heavy atom. The molecule has 98 valence electrons. The van der Waals surface area contributed by atoms with Crippen molar-refractivity contribution in [2.24, 2.45) is 7.05 Å². The van der Waals surface area contributed by atoms with E-state index in [9.17, 15) is 14.9 Å². The number of nitro groups is 1. The second-order valence-corrected chi connectivity index (χ2v) is 5.71. The van der Waals surface area contributed by atoms with Gasteiger partial charge in [-0.15, -0.1) is 0 Å². The average molecular weight is 316 g/mol. The van der Waals surface area contributed by atoms with Gasteiger partial charge in [-0.05, 0) is 12.8 Å². The van der Waals surface area contributed by atoms with E-state index in [-0.39, 0.29) is 11.6 Å². The normalized spacial score (nSPS) is 16.9. The number of hydrogen-bond acceptors (Lipinski definition) is 3. The molecular weight excluding hydrogens is 302 g/mol. The van der Waals surface area contributed by atoms with Crippen LogP contribution in [0, 0.1) is 10.1 Å². The van der Waals surface area contributed by atoms with Gasteiger partial charge in [-0.1, -0.05) is 15.9 Å². The van der Waals surface area contributed by atoms with Crippen LogP contribution in [0.25, 0.3) is 0 Å². The van der Waals surface area contributed by atoms with Gasteiger partial charge in [0.05, 0.1) is 11.1 Å². The van der Waals surface area contributed by atoms with E-state index in [1.807, 2.05) is 0 Å². The lowest BCUT2D eigenvalue weighted by molar-refractivity contribution is -0.384. The van der Waals surface area contributed by atoms with Gasteiger partial charge < -0.3 is 9.47 Å². The Labute approximate surface area is 113 Å². The first kappa shape index (κ1) is 13.1. The molecule has 0 spiro atoms. The SMILES string of the molecule is Cn1cc([N+](=O)[O-])cc1C(=O)N1CCC(Br)CC1. The molecule has 0 radical (unpaired) electrons. The van der Waals surface area contributed by atoms with Crippen molar-refractivity contribution in [3.05, 3.63) is 28.1 Å². The molecule has 7 heteroatoms. The van der Waals surface area contributed by atoms with Gasteiger partial charge in [0, 0.05) is 31.0 Å². The summed E-state index contributed by atoms with van der Waals surface area (Å²) in [6, 6.07) is 1.34. The van der Waals surface area contributed by atoms with Crippen LogP contribution in [0.4, 0.5) is 5.69 Å². The van der Waals surface area contributed by atoms with Crippen LogP contribution in [0.15, 0.2) is 12.3 Å². The maximum atomic E-state index is 12.2. The summed E-state index contributed by atoms with van der Waals surface area (Å²) in [5.74, 6) is -0.134. The number of carbonyl (C=O) groups excluding carboxylic acids is 1. The van der Waals surface area contributed by atoms with Gasteiger partial charge in [0.25, 0.3) is 11.6 Å². The summed E-state index contributed by atoms with van der Waals surface area (Å²) in [6.45, 7) is 1.38. The number of likely N-dealkylation sites (tertiary alicyclic amines) is 1. The van der Waals surface area contributed by atoms with Crippen LogP contribution in [0.5, 0.6) is 0 Å². The van der Waals surface area contributed by atoms with E-state index >= 15 is 0 Å². The van der Waals surface area contributed by atoms with Crippen LogP contribution >= 0.6 is 15.9 Å². The smallest absolute Gasteiger partial charge is 0.287 e. The van der Waals surface area contributed by atoms with E-state index in [2.05, 4.69) is 15.9 Å². The third-order valence-corrected chi connectivity index (χ3v) is 4.05. The average Bonchev–Trinajstić information content (AvgIpc) is 2.71. The van der Waals surface area contributed by atoms with Gasteiger partial charge in [0.15, 0.2) is 0 Å². The Bertz CT molecular complexity index is 478. The van der Waals surface area contributed by atoms with E-state index in [0.29, 0.717) is 23.6 Å². The standard InChI is InChI=1S/C11H14BrN3O3/c1-13-7-9(15(17)18)6-10(13)11(16)14-4-2-8(12)3-5-14/h6-8H,2-5H2,1H3. The molecule has 1 aromatic rings. The van der Waals surface area contributed by atoms with Gasteiger partial charge >= 0.3 is 0 Å². The van der Waals surface area contributed by atoms with Crippen molar-refractivity contribution < 1.29 is 9.72 Å². The lowest BCUT2D eigenvalue weighted by Gasteiger charge is -2.29. The minimum atomic E-state index is -0.485. The van der Waals surface area contributed by atoms with Crippen molar-refractivity contribution in [1.29, 1.82) is 0 Å². The highest BCUT2D eigenvalue weighted by Crippen LogP contribution is 2.21. The van der Waals surface area contributed by atoms with Gasteiger partial charge in [-0.3, -0.25) is 14.9 Å². The number of piperidine rings is 1. The zero-order valence-electron chi connectivity index (χ0n) is 10.0. The molecule has 1 aromatic heterocycles. The Hall–Kier alpha value is -1.37. The number of rotatable bonds is 2. The number of halogens is 1. The zero-order valence-corrected chi connectivity index (χ0v) is 11.6. The summed E-state index contributed by atoms with van der Waals surface area (Å²) >= 11 is 3.53. The number of amides is 1. The molecule has 1 saturated heterocycles. The second-order valence-electron chi connectivity index (χ2n) is 4.42. The van der Waals surface area contributed by atoms with Crippen molar-refractivity contribution in [2.45, 2.75) is 17.7 Å². The van der Waals surface area contributed by atoms with E-state index in [0.717, 1.165) is 12.8 Å². The summed E-state index contributed by atoms with van der Waals surface area (Å²) in [4.78, 5) is 24.6. The summed E-state index contributed by atoms with van der Waals surface area (Å²) in [7, 11) is 1.65. The third kappa shape index (κ3) is 2.55. The monoisotopic (exact) mass is 315 g/mol. The Morgan fingerprint density at radius 3 is 2.61 bits per heavy atom. The Kier molecular flexibility index (Phi) is 3.70. The van der Waals surface area contributed by atoms with Crippen LogP contribution in [-0.4, -0.2) is 38.2 Å². The number of aryl methyl sites for hydroxylation is 1. The topological polar surface area (TPSA) is 68.4 Å². The fourth-order valence-electron chi connectivity index (χ4n) is 2.07. The molecule has 1 fully saturated rings. The Balaban J connectivity index is 2.16. The molecule has 1 aliphatic rings. The first-order valence-corrected chi connectivity index (χ1v) is 6.64. The van der Waals surface area contributed by atoms with E-state index in [1.54, 1.807) is 11.9 Å². The summed E-state index contributed by atoms with van der Waals surface area (Å²) < 4.78 is 1.51. The van der Waals surface area contributed by atoms with Crippen LogP contribution in [-0.2, 0) is 7.05 Å². The lowest BCUT2D eigenvalue weighted by atomic mass is 10.1. The minimum absolute atomic E-state index is 0.0452. The molecule has 1 aliphatic heterocycles. The van der Waals surface area contributed by atoms with Gasteiger partial charge in [-0.2, -0.15) is 0 Å². The first-order chi connectivity index (χ1) is 8.49.